The fourth-order valence-corrected chi connectivity index (χ4v) is 3.81. The van der Waals surface area contributed by atoms with Gasteiger partial charge in [-0.1, -0.05) is 6.07 Å². The highest BCUT2D eigenvalue weighted by Gasteiger charge is 2.16. The summed E-state index contributed by atoms with van der Waals surface area (Å²) in [5, 5.41) is 5.02. The molecule has 0 amide bonds. The molecule has 0 saturated carbocycles. The van der Waals surface area contributed by atoms with Gasteiger partial charge in [0, 0.05) is 29.4 Å². The van der Waals surface area contributed by atoms with E-state index in [4.69, 9.17) is 16.6 Å². The first-order valence-electron chi connectivity index (χ1n) is 10.3. The number of aromatic nitrogens is 1. The Morgan fingerprint density at radius 1 is 1.23 bits per heavy atom. The van der Waals surface area contributed by atoms with Crippen molar-refractivity contribution in [2.45, 2.75) is 33.4 Å². The van der Waals surface area contributed by atoms with Crippen LogP contribution in [0.15, 0.2) is 45.8 Å². The maximum absolute atomic E-state index is 12.8. The lowest BCUT2D eigenvalue weighted by molar-refractivity contribution is -0.858. The number of quaternary nitrogens is 1. The maximum Gasteiger partial charge on any atom is 0.253 e. The van der Waals surface area contributed by atoms with Crippen LogP contribution in [-0.4, -0.2) is 42.2 Å². The summed E-state index contributed by atoms with van der Waals surface area (Å²) in [5.41, 5.74) is 3.74. The second kappa shape index (κ2) is 9.91. The van der Waals surface area contributed by atoms with E-state index in [-0.39, 0.29) is 5.56 Å². The van der Waals surface area contributed by atoms with Crippen molar-refractivity contribution < 1.29 is 9.32 Å². The van der Waals surface area contributed by atoms with E-state index in [1.165, 1.54) is 4.90 Å². The second-order valence-corrected chi connectivity index (χ2v) is 8.53. The number of fused-ring (bicyclic) bond motifs is 1. The van der Waals surface area contributed by atoms with E-state index in [1.807, 2.05) is 36.1 Å². The number of benzene rings is 1. The van der Waals surface area contributed by atoms with Crippen molar-refractivity contribution in [1.29, 1.82) is 0 Å². The monoisotopic (exact) mass is 427 g/mol. The van der Waals surface area contributed by atoms with Crippen LogP contribution in [0.4, 0.5) is 0 Å². The lowest BCUT2D eigenvalue weighted by atomic mass is 10.0. The molecule has 1 aromatic carbocycles. The zero-order valence-electron chi connectivity index (χ0n) is 18.2. The SMILES string of the molecule is Cc1cc(C)c2cc(CN(Cc3ccco3)C(=S)NCCC[NH+](C)C)c(=O)[nH]c2c1. The van der Waals surface area contributed by atoms with E-state index in [2.05, 4.69) is 37.4 Å². The van der Waals surface area contributed by atoms with Gasteiger partial charge in [0.25, 0.3) is 5.56 Å². The molecule has 0 aliphatic carbocycles. The number of hydrogen-bond donors (Lipinski definition) is 3. The first-order chi connectivity index (χ1) is 14.3. The Hall–Kier alpha value is -2.64. The van der Waals surface area contributed by atoms with E-state index >= 15 is 0 Å². The highest BCUT2D eigenvalue weighted by molar-refractivity contribution is 7.80. The summed E-state index contributed by atoms with van der Waals surface area (Å²) in [4.78, 5) is 19.2. The Bertz CT molecular complexity index is 1060. The Kier molecular flexibility index (Phi) is 7.29. The Morgan fingerprint density at radius 3 is 2.73 bits per heavy atom. The first kappa shape index (κ1) is 22.1. The molecule has 0 fully saturated rings. The van der Waals surface area contributed by atoms with Crippen molar-refractivity contribution in [3.05, 3.63) is 69.4 Å². The summed E-state index contributed by atoms with van der Waals surface area (Å²) in [6.45, 7) is 6.87. The summed E-state index contributed by atoms with van der Waals surface area (Å²) >= 11 is 5.66. The molecule has 0 aliphatic heterocycles. The van der Waals surface area contributed by atoms with Gasteiger partial charge in [-0.2, -0.15) is 0 Å². The minimum Gasteiger partial charge on any atom is -0.467 e. The third-order valence-corrected chi connectivity index (χ3v) is 5.50. The molecule has 2 aromatic heterocycles. The predicted octanol–water partition coefficient (Wildman–Crippen LogP) is 2.15. The minimum absolute atomic E-state index is 0.0871. The van der Waals surface area contributed by atoms with Crippen LogP contribution in [0.1, 0.15) is 28.9 Å². The quantitative estimate of drug-likeness (QED) is 0.380. The zero-order chi connectivity index (χ0) is 21.7. The van der Waals surface area contributed by atoms with Gasteiger partial charge in [-0.3, -0.25) is 4.79 Å². The second-order valence-electron chi connectivity index (χ2n) is 8.14. The molecule has 3 N–H and O–H groups in total. The van der Waals surface area contributed by atoms with Crippen LogP contribution in [0.5, 0.6) is 0 Å². The van der Waals surface area contributed by atoms with Gasteiger partial charge < -0.3 is 24.5 Å². The summed E-state index contributed by atoms with van der Waals surface area (Å²) in [5.74, 6) is 0.806. The third kappa shape index (κ3) is 5.70. The highest BCUT2D eigenvalue weighted by Crippen LogP contribution is 2.19. The van der Waals surface area contributed by atoms with Crippen LogP contribution < -0.4 is 15.8 Å². The summed E-state index contributed by atoms with van der Waals surface area (Å²) in [6, 6.07) is 9.90. The van der Waals surface area contributed by atoms with Gasteiger partial charge in [0.05, 0.1) is 40.0 Å². The molecule has 0 spiro atoms. The van der Waals surface area contributed by atoms with Crippen molar-refractivity contribution in [2.24, 2.45) is 0 Å². The molecule has 160 valence electrons. The normalized spacial score (nSPS) is 11.2. The molecule has 0 aliphatic rings. The van der Waals surface area contributed by atoms with Gasteiger partial charge in [-0.15, -0.1) is 0 Å². The lowest BCUT2D eigenvalue weighted by Gasteiger charge is -2.25. The lowest BCUT2D eigenvalue weighted by Crippen LogP contribution is -3.05. The number of nitrogens with one attached hydrogen (secondary N) is 3. The maximum atomic E-state index is 12.8. The van der Waals surface area contributed by atoms with Crippen molar-refractivity contribution in [2.75, 3.05) is 27.2 Å². The van der Waals surface area contributed by atoms with Crippen LogP contribution in [0.25, 0.3) is 10.9 Å². The molecule has 0 bridgehead atoms. The average molecular weight is 428 g/mol. The average Bonchev–Trinajstić information content (AvgIpc) is 3.18. The Labute approximate surface area is 182 Å². The van der Waals surface area contributed by atoms with Gasteiger partial charge in [-0.25, -0.2) is 0 Å². The molecule has 0 atom stereocenters. The van der Waals surface area contributed by atoms with Crippen LogP contribution in [-0.2, 0) is 13.1 Å². The van der Waals surface area contributed by atoms with Crippen LogP contribution in [0, 0.1) is 13.8 Å². The number of aromatic amines is 1. The minimum atomic E-state index is -0.0871. The zero-order valence-corrected chi connectivity index (χ0v) is 19.0. The fraction of sp³-hybridized carbons (Fsp3) is 0.391. The molecule has 7 heteroatoms. The molecular weight excluding hydrogens is 396 g/mol. The molecule has 0 radical (unpaired) electrons. The van der Waals surface area contributed by atoms with E-state index in [0.717, 1.165) is 47.3 Å². The summed E-state index contributed by atoms with van der Waals surface area (Å²) in [7, 11) is 4.27. The van der Waals surface area contributed by atoms with Crippen LogP contribution in [0.2, 0.25) is 0 Å². The molecule has 6 nitrogen and oxygen atoms in total. The predicted molar refractivity (Wildman–Crippen MR) is 125 cm³/mol. The summed E-state index contributed by atoms with van der Waals surface area (Å²) < 4.78 is 5.52. The van der Waals surface area contributed by atoms with Gasteiger partial charge in [0.15, 0.2) is 5.11 Å². The molecule has 3 aromatic rings. The molecule has 2 heterocycles. The molecule has 0 unspecified atom stereocenters. The topological polar surface area (TPSA) is 65.7 Å². The number of pyridine rings is 1. The number of aryl methyl sites for hydroxylation is 2. The van der Waals surface area contributed by atoms with Crippen molar-refractivity contribution in [3.63, 3.8) is 0 Å². The van der Waals surface area contributed by atoms with E-state index in [9.17, 15) is 4.79 Å². The summed E-state index contributed by atoms with van der Waals surface area (Å²) in [6.07, 6.45) is 2.67. The van der Waals surface area contributed by atoms with Gasteiger partial charge in [-0.05, 0) is 61.5 Å². The van der Waals surface area contributed by atoms with E-state index < -0.39 is 0 Å². The molecular formula is C23H31N4O2S+. The number of nitrogens with zero attached hydrogens (tertiary/aromatic N) is 1. The molecule has 3 rings (SSSR count). The van der Waals surface area contributed by atoms with Crippen molar-refractivity contribution >= 4 is 28.2 Å². The number of furan rings is 1. The van der Waals surface area contributed by atoms with Gasteiger partial charge in [0.1, 0.15) is 5.76 Å². The standard InChI is InChI=1S/C23H30N4O2S/c1-16-11-17(2)20-13-18(22(28)25-21(20)12-16)14-27(15-19-7-5-10-29-19)23(30)24-8-6-9-26(3)4/h5,7,10-13H,6,8-9,14-15H2,1-4H3,(H,24,30)(H,25,28)/p+1. The van der Waals surface area contributed by atoms with Crippen molar-refractivity contribution in [1.82, 2.24) is 15.2 Å². The van der Waals surface area contributed by atoms with E-state index in [0.29, 0.717) is 23.8 Å². The Morgan fingerprint density at radius 2 is 2.03 bits per heavy atom. The largest absolute Gasteiger partial charge is 0.467 e. The number of H-pyrrole nitrogens is 1. The molecule has 30 heavy (non-hydrogen) atoms. The Balaban J connectivity index is 1.82. The fourth-order valence-electron chi connectivity index (χ4n) is 3.58. The number of hydrogen-bond acceptors (Lipinski definition) is 3. The molecule has 0 saturated heterocycles. The van der Waals surface area contributed by atoms with Crippen LogP contribution in [0.3, 0.4) is 0 Å². The number of thiocarbonyl (C=S) groups is 1. The highest BCUT2D eigenvalue weighted by atomic mass is 32.1. The smallest absolute Gasteiger partial charge is 0.253 e. The number of rotatable bonds is 8. The van der Waals surface area contributed by atoms with Crippen molar-refractivity contribution in [3.8, 4) is 0 Å². The third-order valence-electron chi connectivity index (χ3n) is 5.09. The van der Waals surface area contributed by atoms with Gasteiger partial charge >= 0.3 is 0 Å². The van der Waals surface area contributed by atoms with Crippen LogP contribution >= 0.6 is 12.2 Å². The van der Waals surface area contributed by atoms with E-state index in [1.54, 1.807) is 6.26 Å². The first-order valence-corrected chi connectivity index (χ1v) is 10.7. The van der Waals surface area contributed by atoms with Gasteiger partial charge in [0.2, 0.25) is 0 Å².